The van der Waals surface area contributed by atoms with Crippen LogP contribution in [0.15, 0.2) is 29.1 Å². The van der Waals surface area contributed by atoms with E-state index >= 15 is 0 Å². The van der Waals surface area contributed by atoms with E-state index in [0.717, 1.165) is 58.6 Å². The largest absolute Gasteiger partial charge is 0.321 e. The number of quaternary nitrogens is 1. The van der Waals surface area contributed by atoms with E-state index < -0.39 is 0 Å². The van der Waals surface area contributed by atoms with E-state index in [9.17, 15) is 9.59 Å². The fourth-order valence-corrected chi connectivity index (χ4v) is 5.54. The summed E-state index contributed by atoms with van der Waals surface area (Å²) < 4.78 is 0. The van der Waals surface area contributed by atoms with Crippen LogP contribution in [0.3, 0.4) is 0 Å². The number of amides is 1. The van der Waals surface area contributed by atoms with Crippen LogP contribution in [0, 0.1) is 6.92 Å². The smallest absolute Gasteiger partial charge is 0.279 e. The van der Waals surface area contributed by atoms with Crippen LogP contribution < -0.4 is 15.8 Å². The van der Waals surface area contributed by atoms with Gasteiger partial charge in [0.1, 0.15) is 11.4 Å². The molecule has 3 N–H and O–H groups in total. The van der Waals surface area contributed by atoms with Crippen molar-refractivity contribution >= 4 is 33.1 Å². The molecule has 6 nitrogen and oxygen atoms in total. The number of hydrogen-bond acceptors (Lipinski definition) is 4. The summed E-state index contributed by atoms with van der Waals surface area (Å²) in [5, 5.41) is 3.79. The molecule has 1 unspecified atom stereocenters. The van der Waals surface area contributed by atoms with Crippen LogP contribution in [0.5, 0.6) is 0 Å². The zero-order chi connectivity index (χ0) is 21.1. The molecular formula is C23H29N4O2S+. The van der Waals surface area contributed by atoms with Crippen molar-refractivity contribution in [1.29, 1.82) is 0 Å². The van der Waals surface area contributed by atoms with Crippen LogP contribution in [0.1, 0.15) is 48.0 Å². The van der Waals surface area contributed by atoms with Gasteiger partial charge in [-0.2, -0.15) is 0 Å². The number of rotatable bonds is 7. The molecule has 1 aliphatic carbocycles. The van der Waals surface area contributed by atoms with E-state index in [2.05, 4.69) is 17.2 Å². The van der Waals surface area contributed by atoms with Crippen molar-refractivity contribution in [2.45, 2.75) is 52.5 Å². The van der Waals surface area contributed by atoms with Gasteiger partial charge in [-0.05, 0) is 56.2 Å². The maximum absolute atomic E-state index is 12.8. The lowest BCUT2D eigenvalue weighted by atomic mass is 9.97. The van der Waals surface area contributed by atoms with Gasteiger partial charge in [0, 0.05) is 10.6 Å². The van der Waals surface area contributed by atoms with Crippen molar-refractivity contribution in [3.63, 3.8) is 0 Å². The molecule has 0 fully saturated rings. The Morgan fingerprint density at radius 1 is 1.27 bits per heavy atom. The first-order valence-corrected chi connectivity index (χ1v) is 11.6. The normalized spacial score (nSPS) is 14.5. The number of aromatic nitrogens is 2. The molecule has 4 rings (SSSR count). The van der Waals surface area contributed by atoms with Gasteiger partial charge in [0.2, 0.25) is 0 Å². The fraction of sp³-hybridized carbons (Fsp3) is 0.435. The van der Waals surface area contributed by atoms with Gasteiger partial charge in [-0.3, -0.25) is 9.59 Å². The third-order valence-corrected chi connectivity index (χ3v) is 6.91. The van der Waals surface area contributed by atoms with Crippen LogP contribution in [-0.2, 0) is 24.2 Å². The van der Waals surface area contributed by atoms with Gasteiger partial charge in [-0.15, -0.1) is 11.3 Å². The molecule has 0 radical (unpaired) electrons. The maximum Gasteiger partial charge on any atom is 0.279 e. The van der Waals surface area contributed by atoms with Crippen molar-refractivity contribution in [3.8, 4) is 0 Å². The molecule has 3 aromatic rings. The number of H-pyrrole nitrogens is 1. The Morgan fingerprint density at radius 3 is 2.87 bits per heavy atom. The number of hydrogen-bond donors (Lipinski definition) is 3. The topological polar surface area (TPSA) is 79.3 Å². The van der Waals surface area contributed by atoms with Gasteiger partial charge in [0.15, 0.2) is 12.4 Å². The molecule has 1 aliphatic rings. The highest BCUT2D eigenvalue weighted by Gasteiger charge is 2.21. The molecule has 1 aromatic carbocycles. The summed E-state index contributed by atoms with van der Waals surface area (Å²) in [7, 11) is 0. The van der Waals surface area contributed by atoms with Crippen molar-refractivity contribution < 1.29 is 9.69 Å². The Balaban J connectivity index is 1.51. The van der Waals surface area contributed by atoms with Crippen molar-refractivity contribution in [1.82, 2.24) is 9.97 Å². The second-order valence-corrected chi connectivity index (χ2v) is 9.20. The lowest BCUT2D eigenvalue weighted by molar-refractivity contribution is -0.906. The molecule has 0 bridgehead atoms. The number of anilines is 1. The number of aromatic amines is 1. The number of nitrogens with one attached hydrogen (secondary N) is 3. The van der Waals surface area contributed by atoms with Gasteiger partial charge < -0.3 is 15.2 Å². The quantitative estimate of drug-likeness (QED) is 0.544. The van der Waals surface area contributed by atoms with Crippen molar-refractivity contribution in [3.05, 3.63) is 56.4 Å². The van der Waals surface area contributed by atoms with E-state index in [-0.39, 0.29) is 11.5 Å². The Labute approximate surface area is 180 Å². The highest BCUT2D eigenvalue weighted by Crippen LogP contribution is 2.33. The molecular weight excluding hydrogens is 396 g/mol. The Hall–Kier alpha value is -2.51. The Kier molecular flexibility index (Phi) is 6.29. The molecule has 0 saturated heterocycles. The predicted octanol–water partition coefficient (Wildman–Crippen LogP) is 2.61. The van der Waals surface area contributed by atoms with Crippen LogP contribution >= 0.6 is 11.3 Å². The molecule has 30 heavy (non-hydrogen) atoms. The summed E-state index contributed by atoms with van der Waals surface area (Å²) in [6, 6.07) is 7.78. The molecule has 2 heterocycles. The van der Waals surface area contributed by atoms with Gasteiger partial charge in [0.05, 0.1) is 11.9 Å². The van der Waals surface area contributed by atoms with E-state index in [4.69, 9.17) is 4.98 Å². The third kappa shape index (κ3) is 4.47. The van der Waals surface area contributed by atoms with Crippen LogP contribution in [0.4, 0.5) is 5.69 Å². The first kappa shape index (κ1) is 20.8. The first-order valence-electron chi connectivity index (χ1n) is 10.8. The van der Waals surface area contributed by atoms with Crippen molar-refractivity contribution in [2.75, 3.05) is 18.4 Å². The summed E-state index contributed by atoms with van der Waals surface area (Å²) in [5.41, 5.74) is 3.06. The molecule has 1 atom stereocenters. The average Bonchev–Trinajstić information content (AvgIpc) is 3.08. The zero-order valence-corrected chi connectivity index (χ0v) is 18.5. The summed E-state index contributed by atoms with van der Waals surface area (Å²) in [6.07, 6.45) is 5.31. The van der Waals surface area contributed by atoms with Gasteiger partial charge in [0.25, 0.3) is 11.5 Å². The SMILES string of the molecule is CCC[NH+](CC(=O)Nc1ccccc1C)Cc1nc2sc3c(c2c(=O)[nH]1)CCCC3. The van der Waals surface area contributed by atoms with Crippen LogP contribution in [0.2, 0.25) is 0 Å². The lowest BCUT2D eigenvalue weighted by Gasteiger charge is -2.18. The van der Waals surface area contributed by atoms with E-state index in [0.29, 0.717) is 18.9 Å². The monoisotopic (exact) mass is 425 g/mol. The van der Waals surface area contributed by atoms with E-state index in [1.54, 1.807) is 11.3 Å². The maximum atomic E-state index is 12.8. The van der Waals surface area contributed by atoms with E-state index in [1.165, 1.54) is 16.9 Å². The van der Waals surface area contributed by atoms with Gasteiger partial charge >= 0.3 is 0 Å². The number of fused-ring (bicyclic) bond motifs is 3. The second-order valence-electron chi connectivity index (χ2n) is 8.12. The number of thiophene rings is 1. The molecule has 2 aromatic heterocycles. The van der Waals surface area contributed by atoms with Gasteiger partial charge in [-0.1, -0.05) is 25.1 Å². The number of benzene rings is 1. The van der Waals surface area contributed by atoms with E-state index in [1.807, 2.05) is 31.2 Å². The van der Waals surface area contributed by atoms with Crippen molar-refractivity contribution in [2.24, 2.45) is 0 Å². The molecule has 158 valence electrons. The van der Waals surface area contributed by atoms with Crippen LogP contribution in [0.25, 0.3) is 10.2 Å². The molecule has 0 spiro atoms. The zero-order valence-electron chi connectivity index (χ0n) is 17.6. The number of nitrogens with zero attached hydrogens (tertiary/aromatic N) is 1. The summed E-state index contributed by atoms with van der Waals surface area (Å²) in [6.45, 7) is 5.79. The lowest BCUT2D eigenvalue weighted by Crippen LogP contribution is -3.11. The second kappa shape index (κ2) is 9.10. The minimum atomic E-state index is -0.0328. The van der Waals surface area contributed by atoms with Crippen LogP contribution in [-0.4, -0.2) is 29.0 Å². The first-order chi connectivity index (χ1) is 14.5. The highest BCUT2D eigenvalue weighted by molar-refractivity contribution is 7.18. The summed E-state index contributed by atoms with van der Waals surface area (Å²) in [4.78, 5) is 36.5. The number of carbonyl (C=O) groups excluding carboxylic acids is 1. The Morgan fingerprint density at radius 2 is 2.07 bits per heavy atom. The number of carbonyl (C=O) groups is 1. The number of para-hydroxylation sites is 1. The number of aryl methyl sites for hydroxylation is 3. The predicted molar refractivity (Wildman–Crippen MR) is 121 cm³/mol. The fourth-order valence-electron chi connectivity index (χ4n) is 4.26. The molecule has 7 heteroatoms. The average molecular weight is 426 g/mol. The standard InChI is InChI=1S/C23H28N4O2S/c1-3-12-27(14-20(28)24-17-10-6-4-8-15(17)2)13-19-25-22(29)21-16-9-5-7-11-18(16)30-23(21)26-19/h4,6,8,10H,3,5,7,9,11-14H2,1-2H3,(H,24,28)(H,25,26,29)/p+1. The highest BCUT2D eigenvalue weighted by atomic mass is 32.1. The minimum absolute atomic E-state index is 0.0252. The summed E-state index contributed by atoms with van der Waals surface area (Å²) >= 11 is 1.67. The molecule has 0 saturated carbocycles. The minimum Gasteiger partial charge on any atom is -0.321 e. The summed E-state index contributed by atoms with van der Waals surface area (Å²) in [5.74, 6) is 0.640. The Bertz CT molecular complexity index is 1120. The van der Waals surface area contributed by atoms with Gasteiger partial charge in [-0.25, -0.2) is 4.98 Å². The third-order valence-electron chi connectivity index (χ3n) is 5.72. The molecule has 1 amide bonds. The molecule has 0 aliphatic heterocycles.